The van der Waals surface area contributed by atoms with Crippen molar-refractivity contribution >= 4 is 11.3 Å². The molecule has 0 spiro atoms. The molecule has 7 heteroatoms. The van der Waals surface area contributed by atoms with Gasteiger partial charge >= 0.3 is 6.18 Å². The molecule has 1 aromatic heterocycles. The molecule has 2 nitrogen and oxygen atoms in total. The topological polar surface area (TPSA) is 15.3 Å². The van der Waals surface area contributed by atoms with E-state index in [9.17, 15) is 17.6 Å². The number of piperazine rings is 1. The number of rotatable bonds is 3. The maximum atomic E-state index is 14.6. The van der Waals surface area contributed by atoms with E-state index < -0.39 is 23.6 Å². The molecule has 2 aromatic rings. The standard InChI is InChI=1S/C16H16F4N2S/c17-14-11(3-1-4-12(14)16(18,19)20)15(13-5-2-10-23-13)22-8-6-21-7-9-22/h1-5,10,15,21H,6-9H2/t15-/m0/s1. The van der Waals surface area contributed by atoms with E-state index in [4.69, 9.17) is 0 Å². The summed E-state index contributed by atoms with van der Waals surface area (Å²) in [4.78, 5) is 2.88. The molecule has 3 rings (SSSR count). The van der Waals surface area contributed by atoms with Crippen LogP contribution in [0.25, 0.3) is 0 Å². The highest BCUT2D eigenvalue weighted by Gasteiger charge is 2.37. The van der Waals surface area contributed by atoms with E-state index >= 15 is 0 Å². The number of alkyl halides is 3. The van der Waals surface area contributed by atoms with Gasteiger partial charge in [0.2, 0.25) is 0 Å². The maximum absolute atomic E-state index is 14.6. The van der Waals surface area contributed by atoms with Crippen LogP contribution < -0.4 is 5.32 Å². The van der Waals surface area contributed by atoms with Crippen molar-refractivity contribution in [2.45, 2.75) is 12.2 Å². The maximum Gasteiger partial charge on any atom is 0.419 e. The Hall–Kier alpha value is -1.44. The van der Waals surface area contributed by atoms with Gasteiger partial charge in [-0.15, -0.1) is 11.3 Å². The van der Waals surface area contributed by atoms with E-state index in [0.29, 0.717) is 13.1 Å². The lowest BCUT2D eigenvalue weighted by Crippen LogP contribution is -2.45. The Balaban J connectivity index is 2.07. The monoisotopic (exact) mass is 344 g/mol. The molecule has 1 N–H and O–H groups in total. The van der Waals surface area contributed by atoms with Crippen molar-refractivity contribution in [3.63, 3.8) is 0 Å². The molecule has 1 aliphatic rings. The first kappa shape index (κ1) is 16.4. The average Bonchev–Trinajstić information content (AvgIpc) is 3.03. The number of hydrogen-bond donors (Lipinski definition) is 1. The van der Waals surface area contributed by atoms with Crippen molar-refractivity contribution in [1.82, 2.24) is 10.2 Å². The molecule has 1 aliphatic heterocycles. The van der Waals surface area contributed by atoms with Crippen LogP contribution in [0.3, 0.4) is 0 Å². The van der Waals surface area contributed by atoms with E-state index in [1.54, 1.807) is 0 Å². The lowest BCUT2D eigenvalue weighted by Gasteiger charge is -2.35. The first-order valence-corrected chi connectivity index (χ1v) is 8.20. The molecule has 0 radical (unpaired) electrons. The molecule has 1 atom stereocenters. The van der Waals surface area contributed by atoms with Crippen LogP contribution in [0.4, 0.5) is 17.6 Å². The van der Waals surface area contributed by atoms with E-state index in [1.165, 1.54) is 23.5 Å². The molecule has 124 valence electrons. The van der Waals surface area contributed by atoms with Gasteiger partial charge in [0, 0.05) is 36.6 Å². The third-order valence-corrected chi connectivity index (χ3v) is 4.88. The first-order valence-electron chi connectivity index (χ1n) is 7.32. The number of nitrogens with zero attached hydrogens (tertiary/aromatic N) is 1. The van der Waals surface area contributed by atoms with Crippen LogP contribution in [0.5, 0.6) is 0 Å². The second-order valence-electron chi connectivity index (χ2n) is 5.41. The molecular formula is C16H16F4N2S. The zero-order valence-corrected chi connectivity index (χ0v) is 13.1. The summed E-state index contributed by atoms with van der Waals surface area (Å²) in [7, 11) is 0. The summed E-state index contributed by atoms with van der Waals surface area (Å²) in [6.45, 7) is 2.81. The van der Waals surface area contributed by atoms with Crippen LogP contribution in [0.1, 0.15) is 22.0 Å². The van der Waals surface area contributed by atoms with Crippen molar-refractivity contribution in [2.24, 2.45) is 0 Å². The third kappa shape index (κ3) is 3.41. The molecule has 0 amide bonds. The summed E-state index contributed by atoms with van der Waals surface area (Å²) in [5.41, 5.74) is -1.11. The molecule has 0 unspecified atom stereocenters. The van der Waals surface area contributed by atoms with Gasteiger partial charge in [-0.25, -0.2) is 4.39 Å². The van der Waals surface area contributed by atoms with Crippen molar-refractivity contribution in [3.8, 4) is 0 Å². The van der Waals surface area contributed by atoms with Gasteiger partial charge < -0.3 is 5.32 Å². The van der Waals surface area contributed by atoms with Crippen LogP contribution in [-0.4, -0.2) is 31.1 Å². The first-order chi connectivity index (χ1) is 11.0. The summed E-state index contributed by atoms with van der Waals surface area (Å²) in [6.07, 6.45) is -4.69. The molecule has 2 heterocycles. The summed E-state index contributed by atoms with van der Waals surface area (Å²) in [5, 5.41) is 5.06. The number of hydrogen-bond acceptors (Lipinski definition) is 3. The highest BCUT2D eigenvalue weighted by molar-refractivity contribution is 7.10. The van der Waals surface area contributed by atoms with E-state index in [-0.39, 0.29) is 5.56 Å². The quantitative estimate of drug-likeness (QED) is 0.850. The molecule has 1 fully saturated rings. The van der Waals surface area contributed by atoms with Gasteiger partial charge in [0.05, 0.1) is 11.6 Å². The minimum absolute atomic E-state index is 0.0872. The van der Waals surface area contributed by atoms with Gasteiger partial charge in [0.25, 0.3) is 0 Å². The lowest BCUT2D eigenvalue weighted by molar-refractivity contribution is -0.140. The Labute approximate surface area is 135 Å². The Kier molecular flexibility index (Phi) is 4.70. The molecule has 0 aliphatic carbocycles. The zero-order chi connectivity index (χ0) is 16.4. The van der Waals surface area contributed by atoms with Crippen LogP contribution in [0.2, 0.25) is 0 Å². The van der Waals surface area contributed by atoms with Gasteiger partial charge in [-0.2, -0.15) is 13.2 Å². The van der Waals surface area contributed by atoms with Crippen LogP contribution >= 0.6 is 11.3 Å². The molecule has 0 bridgehead atoms. The fraction of sp³-hybridized carbons (Fsp3) is 0.375. The fourth-order valence-corrected chi connectivity index (χ4v) is 3.77. The molecule has 1 aromatic carbocycles. The van der Waals surface area contributed by atoms with Crippen LogP contribution in [0, 0.1) is 5.82 Å². The number of thiophene rings is 1. The van der Waals surface area contributed by atoms with Crippen LogP contribution in [-0.2, 0) is 6.18 Å². The second kappa shape index (κ2) is 6.59. The van der Waals surface area contributed by atoms with Gasteiger partial charge in [-0.05, 0) is 17.5 Å². The summed E-state index contributed by atoms with van der Waals surface area (Å²) in [5.74, 6) is -1.17. The molecule has 1 saturated heterocycles. The number of benzene rings is 1. The van der Waals surface area contributed by atoms with Crippen molar-refractivity contribution in [1.29, 1.82) is 0 Å². The van der Waals surface area contributed by atoms with Crippen molar-refractivity contribution < 1.29 is 17.6 Å². The SMILES string of the molecule is Fc1c([C@@H](c2cccs2)N2CCNCC2)cccc1C(F)(F)F. The smallest absolute Gasteiger partial charge is 0.314 e. The van der Waals surface area contributed by atoms with Gasteiger partial charge in [-0.3, -0.25) is 4.90 Å². The number of nitrogens with one attached hydrogen (secondary N) is 1. The highest BCUT2D eigenvalue weighted by atomic mass is 32.1. The summed E-state index contributed by atoms with van der Waals surface area (Å²) < 4.78 is 53.7. The summed E-state index contributed by atoms with van der Waals surface area (Å²) >= 11 is 1.43. The molecule has 0 saturated carbocycles. The van der Waals surface area contributed by atoms with Crippen molar-refractivity contribution in [3.05, 3.63) is 57.5 Å². The fourth-order valence-electron chi connectivity index (χ4n) is 2.90. The summed E-state index contributed by atoms with van der Waals surface area (Å²) in [6, 6.07) is 6.72. The Bertz CT molecular complexity index is 649. The Morgan fingerprint density at radius 1 is 1.09 bits per heavy atom. The zero-order valence-electron chi connectivity index (χ0n) is 12.2. The van der Waals surface area contributed by atoms with Gasteiger partial charge in [0.1, 0.15) is 5.82 Å². The third-order valence-electron chi connectivity index (χ3n) is 3.96. The Morgan fingerprint density at radius 3 is 2.43 bits per heavy atom. The van der Waals surface area contributed by atoms with Crippen LogP contribution in [0.15, 0.2) is 35.7 Å². The molecule has 23 heavy (non-hydrogen) atoms. The average molecular weight is 344 g/mol. The number of halogens is 4. The second-order valence-corrected chi connectivity index (χ2v) is 6.39. The largest absolute Gasteiger partial charge is 0.419 e. The van der Waals surface area contributed by atoms with E-state index in [2.05, 4.69) is 5.32 Å². The van der Waals surface area contributed by atoms with Crippen molar-refractivity contribution in [2.75, 3.05) is 26.2 Å². The van der Waals surface area contributed by atoms with Gasteiger partial charge in [-0.1, -0.05) is 18.2 Å². The minimum atomic E-state index is -4.69. The minimum Gasteiger partial charge on any atom is -0.314 e. The Morgan fingerprint density at radius 2 is 1.83 bits per heavy atom. The van der Waals surface area contributed by atoms with Gasteiger partial charge in [0.15, 0.2) is 0 Å². The normalized spacial score (nSPS) is 18.1. The molecular weight excluding hydrogens is 328 g/mol. The van der Waals surface area contributed by atoms with E-state index in [0.717, 1.165) is 24.0 Å². The highest BCUT2D eigenvalue weighted by Crippen LogP contribution is 2.38. The predicted molar refractivity (Wildman–Crippen MR) is 82.0 cm³/mol. The van der Waals surface area contributed by atoms with E-state index in [1.807, 2.05) is 22.4 Å². The lowest BCUT2D eigenvalue weighted by atomic mass is 9.99. The predicted octanol–water partition coefficient (Wildman–Crippen LogP) is 3.90.